The molecule has 0 saturated carbocycles. The number of benzene rings is 3. The summed E-state index contributed by atoms with van der Waals surface area (Å²) in [7, 11) is 0. The maximum atomic E-state index is 13.7. The highest BCUT2D eigenvalue weighted by molar-refractivity contribution is 6.05. The van der Waals surface area contributed by atoms with Crippen LogP contribution in [0.4, 0.5) is 8.78 Å². The van der Waals surface area contributed by atoms with E-state index in [4.69, 9.17) is 4.99 Å². The van der Waals surface area contributed by atoms with Crippen LogP contribution in [0.15, 0.2) is 108 Å². The summed E-state index contributed by atoms with van der Waals surface area (Å²) in [6, 6.07) is 26.8. The van der Waals surface area contributed by atoms with E-state index in [0.29, 0.717) is 6.54 Å². The van der Waals surface area contributed by atoms with Gasteiger partial charge in [0.1, 0.15) is 5.84 Å². The second-order valence-corrected chi connectivity index (χ2v) is 9.86. The Morgan fingerprint density at radius 2 is 1.41 bits per heavy atom. The van der Waals surface area contributed by atoms with Gasteiger partial charge in [-0.2, -0.15) is 0 Å². The summed E-state index contributed by atoms with van der Waals surface area (Å²) in [4.78, 5) is 7.07. The molecule has 0 aliphatic carbocycles. The van der Waals surface area contributed by atoms with E-state index < -0.39 is 5.92 Å². The Hall–Kier alpha value is -3.53. The summed E-state index contributed by atoms with van der Waals surface area (Å²) in [5.41, 5.74) is 5.60. The van der Waals surface area contributed by atoms with Crippen molar-refractivity contribution in [3.63, 3.8) is 0 Å². The molecule has 0 fully saturated rings. The summed E-state index contributed by atoms with van der Waals surface area (Å²) in [6.45, 7) is 14.6. The monoisotopic (exact) mass is 500 g/mol. The number of aliphatic imine (C=N–C) groups is 1. The Kier molecular flexibility index (Phi) is 9.57. The Balaban J connectivity index is 0.000000695. The fourth-order valence-electron chi connectivity index (χ4n) is 3.99. The van der Waals surface area contributed by atoms with Crippen molar-refractivity contribution in [3.05, 3.63) is 125 Å². The topological polar surface area (TPSA) is 15.6 Å². The van der Waals surface area contributed by atoms with Crippen molar-refractivity contribution in [2.24, 2.45) is 10.9 Å². The van der Waals surface area contributed by atoms with E-state index in [1.165, 1.54) is 24.1 Å². The van der Waals surface area contributed by atoms with E-state index in [2.05, 4.69) is 44.4 Å². The molecule has 1 aliphatic heterocycles. The first-order chi connectivity index (χ1) is 17.6. The summed E-state index contributed by atoms with van der Waals surface area (Å²) >= 11 is 0. The minimum Gasteiger partial charge on any atom is -0.325 e. The lowest BCUT2D eigenvalue weighted by Gasteiger charge is -2.34. The molecule has 0 N–H and O–H groups in total. The van der Waals surface area contributed by atoms with Crippen LogP contribution in [0.2, 0.25) is 0 Å². The Labute approximate surface area is 221 Å². The number of halogens is 2. The second-order valence-electron chi connectivity index (χ2n) is 9.86. The van der Waals surface area contributed by atoms with Gasteiger partial charge in [0.15, 0.2) is 0 Å². The van der Waals surface area contributed by atoms with Crippen LogP contribution < -0.4 is 0 Å². The van der Waals surface area contributed by atoms with Gasteiger partial charge in [0.05, 0.1) is 0 Å². The highest BCUT2D eigenvalue weighted by atomic mass is 19.3. The van der Waals surface area contributed by atoms with E-state index in [1.54, 1.807) is 12.1 Å². The first-order valence-electron chi connectivity index (χ1n) is 13.0. The predicted molar refractivity (Wildman–Crippen MR) is 153 cm³/mol. The van der Waals surface area contributed by atoms with Crippen molar-refractivity contribution < 1.29 is 8.78 Å². The first kappa shape index (κ1) is 28.0. The maximum Gasteiger partial charge on any atom is 0.270 e. The lowest BCUT2D eigenvalue weighted by atomic mass is 9.95. The van der Waals surface area contributed by atoms with E-state index in [-0.39, 0.29) is 5.56 Å². The van der Waals surface area contributed by atoms with Gasteiger partial charge >= 0.3 is 0 Å². The van der Waals surface area contributed by atoms with Gasteiger partial charge in [-0.05, 0) is 30.4 Å². The summed E-state index contributed by atoms with van der Waals surface area (Å²) in [5, 5.41) is 0. The van der Waals surface area contributed by atoms with Crippen LogP contribution in [0.3, 0.4) is 0 Å². The van der Waals surface area contributed by atoms with E-state index in [9.17, 15) is 8.78 Å². The largest absolute Gasteiger partial charge is 0.325 e. The minimum atomic E-state index is -2.87. The van der Waals surface area contributed by atoms with E-state index in [0.717, 1.165) is 53.2 Å². The van der Waals surface area contributed by atoms with Crippen molar-refractivity contribution in [1.29, 1.82) is 0 Å². The molecular formula is C33H38F2N2. The van der Waals surface area contributed by atoms with Gasteiger partial charge in [-0.25, -0.2) is 13.8 Å². The highest BCUT2D eigenvalue weighted by Crippen LogP contribution is 2.36. The number of allylic oxidation sites excluding steroid dienone is 2. The molecule has 4 rings (SSSR count). The third kappa shape index (κ3) is 7.48. The van der Waals surface area contributed by atoms with Crippen molar-refractivity contribution in [2.75, 3.05) is 6.54 Å². The molecule has 0 bridgehead atoms. The molecule has 0 radical (unpaired) electrons. The molecule has 4 heteroatoms. The highest BCUT2D eigenvalue weighted by Gasteiger charge is 2.28. The van der Waals surface area contributed by atoms with Gasteiger partial charge in [0.2, 0.25) is 0 Å². The number of amidine groups is 1. The summed E-state index contributed by atoms with van der Waals surface area (Å²) in [6.07, 6.45) is 2.14. The molecule has 3 aromatic carbocycles. The van der Waals surface area contributed by atoms with Gasteiger partial charge in [-0.3, -0.25) is 0 Å². The second kappa shape index (κ2) is 12.6. The fraction of sp³-hybridized carbons (Fsp3) is 0.303. The lowest BCUT2D eigenvalue weighted by molar-refractivity contribution is 0.0175. The average molecular weight is 501 g/mol. The third-order valence-corrected chi connectivity index (χ3v) is 6.50. The molecular weight excluding hydrogens is 462 g/mol. The first-order valence-corrected chi connectivity index (χ1v) is 13.0. The van der Waals surface area contributed by atoms with E-state index >= 15 is 0 Å². The SMILES string of the molecule is C=C1C(c2ccc(C(C)(F)F)cc2)=C(C)N=C(c2ccccc2)N1CCc1ccccc1.CCC(C)C. The predicted octanol–water partition coefficient (Wildman–Crippen LogP) is 9.10. The molecule has 1 heterocycles. The third-order valence-electron chi connectivity index (χ3n) is 6.50. The molecule has 0 atom stereocenters. The van der Waals surface area contributed by atoms with Crippen LogP contribution in [0.25, 0.3) is 5.57 Å². The normalized spacial score (nSPS) is 13.9. The summed E-state index contributed by atoms with van der Waals surface area (Å²) < 4.78 is 27.4. The Morgan fingerprint density at radius 3 is 1.92 bits per heavy atom. The van der Waals surface area contributed by atoms with Crippen LogP contribution >= 0.6 is 0 Å². The minimum absolute atomic E-state index is 0.00432. The van der Waals surface area contributed by atoms with Gasteiger partial charge in [-0.15, -0.1) is 0 Å². The zero-order valence-electron chi connectivity index (χ0n) is 22.6. The Morgan fingerprint density at radius 1 is 0.865 bits per heavy atom. The molecule has 2 nitrogen and oxygen atoms in total. The standard InChI is InChI=1S/C28H26F2N2.C5H12/c1-20-26(23-14-16-25(17-15-23)28(3,29)30)21(2)32(19-18-22-10-6-4-7-11-22)27(31-20)24-12-8-5-9-13-24;1-4-5(2)3/h4-17H,2,18-19H2,1,3H3;5H,4H2,1-3H3. The van der Waals surface area contributed by atoms with Gasteiger partial charge in [0.25, 0.3) is 5.92 Å². The Bertz CT molecular complexity index is 1220. The molecule has 0 amide bonds. The van der Waals surface area contributed by atoms with E-state index in [1.807, 2.05) is 55.5 Å². The molecule has 0 unspecified atom stereocenters. The van der Waals surface area contributed by atoms with Crippen molar-refractivity contribution >= 4 is 11.4 Å². The number of alkyl halides is 2. The van der Waals surface area contributed by atoms with Crippen LogP contribution in [0, 0.1) is 5.92 Å². The van der Waals surface area contributed by atoms with Gasteiger partial charge in [-0.1, -0.05) is 119 Å². The number of nitrogens with zero attached hydrogens (tertiary/aromatic N) is 2. The van der Waals surface area contributed by atoms with Gasteiger partial charge < -0.3 is 4.90 Å². The zero-order valence-corrected chi connectivity index (χ0v) is 22.6. The molecule has 0 spiro atoms. The quantitative estimate of drug-likeness (QED) is 0.316. The summed E-state index contributed by atoms with van der Waals surface area (Å²) in [5.74, 6) is -1.13. The number of rotatable bonds is 7. The number of hydrogen-bond acceptors (Lipinski definition) is 2. The maximum absolute atomic E-state index is 13.7. The molecule has 0 aromatic heterocycles. The van der Waals surface area contributed by atoms with Crippen LogP contribution in [-0.4, -0.2) is 17.3 Å². The zero-order chi connectivity index (χ0) is 27.0. The lowest BCUT2D eigenvalue weighted by Crippen LogP contribution is -2.35. The van der Waals surface area contributed by atoms with Crippen molar-refractivity contribution in [3.8, 4) is 0 Å². The molecule has 0 saturated heterocycles. The van der Waals surface area contributed by atoms with Crippen molar-refractivity contribution in [2.45, 2.75) is 53.4 Å². The molecule has 1 aliphatic rings. The van der Waals surface area contributed by atoms with Crippen LogP contribution in [0.1, 0.15) is 63.3 Å². The molecule has 194 valence electrons. The van der Waals surface area contributed by atoms with Crippen LogP contribution in [0.5, 0.6) is 0 Å². The smallest absolute Gasteiger partial charge is 0.270 e. The molecule has 37 heavy (non-hydrogen) atoms. The average Bonchev–Trinajstić information content (AvgIpc) is 2.89. The van der Waals surface area contributed by atoms with Crippen LogP contribution in [-0.2, 0) is 12.3 Å². The molecule has 3 aromatic rings. The van der Waals surface area contributed by atoms with Crippen molar-refractivity contribution in [1.82, 2.24) is 4.90 Å². The number of hydrogen-bond donors (Lipinski definition) is 0. The fourth-order valence-corrected chi connectivity index (χ4v) is 3.99. The van der Waals surface area contributed by atoms with Gasteiger partial charge in [0, 0.05) is 41.6 Å².